The summed E-state index contributed by atoms with van der Waals surface area (Å²) < 4.78 is 44.7. The van der Waals surface area contributed by atoms with E-state index in [1.54, 1.807) is 0 Å². The number of nitrogens with one attached hydrogen (secondary N) is 1. The number of ether oxygens (including phenoxy) is 1. The Kier molecular flexibility index (Phi) is 5.30. The van der Waals surface area contributed by atoms with Crippen LogP contribution in [0.5, 0.6) is 0 Å². The van der Waals surface area contributed by atoms with Crippen molar-refractivity contribution in [2.75, 3.05) is 20.7 Å². The molecule has 1 unspecified atom stereocenters. The molecule has 1 N–H and O–H groups in total. The van der Waals surface area contributed by atoms with Crippen molar-refractivity contribution in [2.45, 2.75) is 26.8 Å². The number of halogens is 4. The van der Waals surface area contributed by atoms with Crippen molar-refractivity contribution in [3.8, 4) is 0 Å². The zero-order valence-corrected chi connectivity index (χ0v) is 12.8. The highest BCUT2D eigenvalue weighted by Gasteiger charge is 2.37. The molecule has 0 saturated heterocycles. The largest absolute Gasteiger partial charge is 0.673 e. The lowest BCUT2D eigenvalue weighted by Gasteiger charge is -2.23. The number of allylic oxidation sites excluding steroid dienone is 1. The SMILES string of the molecule is CCOC1=C2C(=C(C)N(C)C2C)C=[NH+]N1C.F[B-](F)(F)F. The van der Waals surface area contributed by atoms with Gasteiger partial charge in [0.15, 0.2) is 0 Å². The van der Waals surface area contributed by atoms with E-state index in [0.717, 1.165) is 5.88 Å². The Morgan fingerprint density at radius 1 is 1.29 bits per heavy atom. The molecular weight excluding hydrogens is 289 g/mol. The number of fused-ring (bicyclic) bond motifs is 1. The van der Waals surface area contributed by atoms with Crippen molar-refractivity contribution >= 4 is 13.5 Å². The molecule has 0 spiro atoms. The smallest absolute Gasteiger partial charge is 0.476 e. The molecule has 0 amide bonds. The molecule has 2 rings (SSSR count). The lowest BCUT2D eigenvalue weighted by atomic mass is 10.0. The number of likely N-dealkylation sites (N-methyl/N-ethyl adjacent to an activating group) is 1. The topological polar surface area (TPSA) is 29.7 Å². The van der Waals surface area contributed by atoms with Gasteiger partial charge >= 0.3 is 7.25 Å². The fourth-order valence-corrected chi connectivity index (χ4v) is 2.28. The minimum Gasteiger partial charge on any atom is -0.476 e. The molecule has 0 aromatic heterocycles. The van der Waals surface area contributed by atoms with Crippen LogP contribution in [0.15, 0.2) is 22.7 Å². The van der Waals surface area contributed by atoms with Gasteiger partial charge in [-0.3, -0.25) is 0 Å². The fourth-order valence-electron chi connectivity index (χ4n) is 2.28. The van der Waals surface area contributed by atoms with Gasteiger partial charge in [0.05, 0.1) is 30.8 Å². The maximum Gasteiger partial charge on any atom is 0.673 e. The van der Waals surface area contributed by atoms with Crippen LogP contribution in [0.25, 0.3) is 0 Å². The summed E-state index contributed by atoms with van der Waals surface area (Å²) in [7, 11) is -1.90. The first-order valence-corrected chi connectivity index (χ1v) is 6.59. The Morgan fingerprint density at radius 3 is 2.29 bits per heavy atom. The van der Waals surface area contributed by atoms with Crippen LogP contribution in [0, 0.1) is 0 Å². The molecule has 2 aliphatic rings. The molecule has 0 bridgehead atoms. The summed E-state index contributed by atoms with van der Waals surface area (Å²) in [6.07, 6.45) is 2.05. The van der Waals surface area contributed by atoms with E-state index in [1.807, 2.05) is 25.2 Å². The lowest BCUT2D eigenvalue weighted by molar-refractivity contribution is -0.630. The van der Waals surface area contributed by atoms with E-state index in [0.29, 0.717) is 12.6 Å². The highest BCUT2D eigenvalue weighted by Crippen LogP contribution is 2.34. The first-order valence-electron chi connectivity index (χ1n) is 6.59. The van der Waals surface area contributed by atoms with E-state index in [2.05, 4.69) is 30.9 Å². The van der Waals surface area contributed by atoms with E-state index >= 15 is 0 Å². The van der Waals surface area contributed by atoms with Crippen molar-refractivity contribution in [3.05, 3.63) is 22.7 Å². The van der Waals surface area contributed by atoms with E-state index in [1.165, 1.54) is 16.8 Å². The van der Waals surface area contributed by atoms with Gasteiger partial charge in [0.25, 0.3) is 5.88 Å². The van der Waals surface area contributed by atoms with Crippen LogP contribution in [0.2, 0.25) is 0 Å². The van der Waals surface area contributed by atoms with Crippen LogP contribution in [0.1, 0.15) is 20.8 Å². The highest BCUT2D eigenvalue weighted by atomic mass is 19.5. The number of hydrazone groups is 1. The molecule has 9 heteroatoms. The van der Waals surface area contributed by atoms with Crippen LogP contribution in [-0.4, -0.2) is 50.1 Å². The average Bonchev–Trinajstić information content (AvgIpc) is 2.56. The summed E-state index contributed by atoms with van der Waals surface area (Å²) in [6.45, 7) is 7.05. The highest BCUT2D eigenvalue weighted by molar-refractivity contribution is 6.50. The lowest BCUT2D eigenvalue weighted by Crippen LogP contribution is -2.81. The minimum absolute atomic E-state index is 0.373. The molecule has 2 heterocycles. The third-order valence-corrected chi connectivity index (χ3v) is 3.43. The first kappa shape index (κ1) is 17.4. The number of hydrazine groups is 1. The second kappa shape index (κ2) is 6.40. The maximum atomic E-state index is 9.75. The van der Waals surface area contributed by atoms with Gasteiger partial charge in [-0.15, -0.1) is 10.1 Å². The Morgan fingerprint density at radius 2 is 1.81 bits per heavy atom. The molecule has 0 aliphatic carbocycles. The van der Waals surface area contributed by atoms with Crippen LogP contribution >= 0.6 is 0 Å². The molecule has 120 valence electrons. The van der Waals surface area contributed by atoms with Crippen LogP contribution in [0.4, 0.5) is 17.3 Å². The summed E-state index contributed by atoms with van der Waals surface area (Å²) in [6, 6.07) is 0.373. The van der Waals surface area contributed by atoms with Crippen molar-refractivity contribution in [1.29, 1.82) is 0 Å². The molecule has 0 radical (unpaired) electrons. The van der Waals surface area contributed by atoms with Gasteiger partial charge in [-0.2, -0.15) is 0 Å². The van der Waals surface area contributed by atoms with Gasteiger partial charge in [0, 0.05) is 12.7 Å². The second-order valence-corrected chi connectivity index (χ2v) is 4.77. The Bertz CT molecular complexity index is 481. The summed E-state index contributed by atoms with van der Waals surface area (Å²) in [5, 5.41) is 5.14. The Hall–Kier alpha value is -1.67. The zero-order valence-electron chi connectivity index (χ0n) is 12.8. The first-order chi connectivity index (χ1) is 9.57. The van der Waals surface area contributed by atoms with E-state index in [-0.39, 0.29) is 0 Å². The van der Waals surface area contributed by atoms with Gasteiger partial charge in [-0.05, 0) is 20.8 Å². The predicted molar refractivity (Wildman–Crippen MR) is 73.6 cm³/mol. The van der Waals surface area contributed by atoms with Gasteiger partial charge in [-0.25, -0.2) is 0 Å². The standard InChI is InChI=1S/C12H19N3O.BF4/c1-6-16-12-11-9(3)14(4)8(2)10(11)7-13-15(12)5;2-1(3,4)5/h7,9H,6H2,1-5H3;/q;-1/p+1. The fraction of sp³-hybridized carbons (Fsp3) is 0.583. The summed E-state index contributed by atoms with van der Waals surface area (Å²) in [5.41, 5.74) is 3.83. The number of hydrogen-bond donors (Lipinski definition) is 1. The molecule has 21 heavy (non-hydrogen) atoms. The molecule has 1 atom stereocenters. The van der Waals surface area contributed by atoms with E-state index in [9.17, 15) is 17.3 Å². The third-order valence-electron chi connectivity index (χ3n) is 3.43. The van der Waals surface area contributed by atoms with Gasteiger partial charge in [-0.1, -0.05) is 0 Å². The normalized spacial score (nSPS) is 21.5. The summed E-state index contributed by atoms with van der Waals surface area (Å²) >= 11 is 0. The zero-order chi connectivity index (χ0) is 16.4. The van der Waals surface area contributed by atoms with E-state index < -0.39 is 7.25 Å². The van der Waals surface area contributed by atoms with Gasteiger partial charge in [0.2, 0.25) is 6.21 Å². The minimum atomic E-state index is -6.00. The Labute approximate surface area is 121 Å². The molecule has 0 saturated carbocycles. The maximum absolute atomic E-state index is 9.75. The van der Waals surface area contributed by atoms with Crippen LogP contribution in [0.3, 0.4) is 0 Å². The van der Waals surface area contributed by atoms with Crippen LogP contribution in [-0.2, 0) is 4.74 Å². The monoisotopic (exact) mass is 309 g/mol. The van der Waals surface area contributed by atoms with Gasteiger partial charge < -0.3 is 26.9 Å². The Balaban J connectivity index is 0.000000383. The number of hydrogen-bond acceptors (Lipinski definition) is 3. The quantitative estimate of drug-likeness (QED) is 0.613. The molecular formula is C12H20BF4N3O. The van der Waals surface area contributed by atoms with Crippen LogP contribution < -0.4 is 5.10 Å². The van der Waals surface area contributed by atoms with Crippen molar-refractivity contribution in [1.82, 2.24) is 9.91 Å². The second-order valence-electron chi connectivity index (χ2n) is 4.77. The van der Waals surface area contributed by atoms with Crippen molar-refractivity contribution < 1.29 is 27.1 Å². The molecule has 0 aromatic carbocycles. The molecule has 4 nitrogen and oxygen atoms in total. The average molecular weight is 309 g/mol. The predicted octanol–water partition coefficient (Wildman–Crippen LogP) is 1.15. The van der Waals surface area contributed by atoms with Gasteiger partial charge in [0.1, 0.15) is 0 Å². The summed E-state index contributed by atoms with van der Waals surface area (Å²) in [5.74, 6) is 0.941. The van der Waals surface area contributed by atoms with Crippen molar-refractivity contribution in [3.63, 3.8) is 0 Å². The van der Waals surface area contributed by atoms with E-state index in [4.69, 9.17) is 4.74 Å². The number of nitrogens with zero attached hydrogens (tertiary/aromatic N) is 2. The molecule has 0 fully saturated rings. The summed E-state index contributed by atoms with van der Waals surface area (Å²) in [4.78, 5) is 2.28. The third kappa shape index (κ3) is 4.15. The molecule has 0 aromatic rings. The molecule has 2 aliphatic heterocycles. The van der Waals surface area contributed by atoms with Crippen molar-refractivity contribution in [2.24, 2.45) is 0 Å². The number of rotatable bonds is 2.